The van der Waals surface area contributed by atoms with Crippen LogP contribution < -0.4 is 4.74 Å². The molecule has 1 heterocycles. The van der Waals surface area contributed by atoms with Gasteiger partial charge >= 0.3 is 0 Å². The number of amides is 1. The van der Waals surface area contributed by atoms with E-state index >= 15 is 0 Å². The zero-order chi connectivity index (χ0) is 23.4. The van der Waals surface area contributed by atoms with Crippen LogP contribution in [0.2, 0.25) is 5.02 Å². The van der Waals surface area contributed by atoms with Gasteiger partial charge in [0.2, 0.25) is 0 Å². The molecule has 1 atom stereocenters. The molecular formula is C25H29ClN2O4. The molecule has 0 radical (unpaired) electrons. The van der Waals surface area contributed by atoms with Crippen LogP contribution in [0, 0.1) is 5.92 Å². The van der Waals surface area contributed by atoms with Gasteiger partial charge in [0.25, 0.3) is 11.7 Å². The van der Waals surface area contributed by atoms with Crippen molar-refractivity contribution in [3.8, 4) is 5.75 Å². The van der Waals surface area contributed by atoms with Crippen molar-refractivity contribution in [2.75, 3.05) is 33.8 Å². The summed E-state index contributed by atoms with van der Waals surface area (Å²) in [6.45, 7) is 5.64. The molecule has 0 aromatic heterocycles. The molecule has 0 bridgehead atoms. The van der Waals surface area contributed by atoms with E-state index in [2.05, 4.69) is 13.8 Å². The van der Waals surface area contributed by atoms with E-state index in [9.17, 15) is 14.7 Å². The second kappa shape index (κ2) is 10.2. The minimum absolute atomic E-state index is 0.0759. The van der Waals surface area contributed by atoms with E-state index in [-0.39, 0.29) is 11.3 Å². The number of likely N-dealkylation sites (N-methyl/N-ethyl adjacent to an activating group) is 1. The molecule has 1 aliphatic heterocycles. The summed E-state index contributed by atoms with van der Waals surface area (Å²) in [5.74, 6) is -0.450. The topological polar surface area (TPSA) is 70.1 Å². The smallest absolute Gasteiger partial charge is 0.295 e. The number of benzene rings is 2. The Bertz CT molecular complexity index is 998. The van der Waals surface area contributed by atoms with Gasteiger partial charge in [0, 0.05) is 23.7 Å². The zero-order valence-corrected chi connectivity index (χ0v) is 19.6. The molecule has 7 heteroatoms. The van der Waals surface area contributed by atoms with Crippen LogP contribution in [-0.2, 0) is 9.59 Å². The molecular weight excluding hydrogens is 428 g/mol. The molecule has 0 unspecified atom stereocenters. The molecule has 0 aliphatic carbocycles. The number of hydrogen-bond acceptors (Lipinski definition) is 5. The summed E-state index contributed by atoms with van der Waals surface area (Å²) in [6, 6.07) is 13.2. The zero-order valence-electron chi connectivity index (χ0n) is 18.8. The number of ether oxygens (including phenoxy) is 1. The number of aliphatic hydroxyl groups is 1. The molecule has 0 spiro atoms. The van der Waals surface area contributed by atoms with Crippen molar-refractivity contribution in [2.24, 2.45) is 5.92 Å². The highest BCUT2D eigenvalue weighted by molar-refractivity contribution is 6.46. The lowest BCUT2D eigenvalue weighted by atomic mass is 9.95. The average Bonchev–Trinajstić information content (AvgIpc) is 3.01. The average molecular weight is 457 g/mol. The van der Waals surface area contributed by atoms with Gasteiger partial charge in [-0.2, -0.15) is 0 Å². The van der Waals surface area contributed by atoms with Crippen molar-refractivity contribution in [2.45, 2.75) is 19.9 Å². The molecule has 2 aromatic rings. The van der Waals surface area contributed by atoms with E-state index < -0.39 is 17.7 Å². The lowest BCUT2D eigenvalue weighted by Crippen LogP contribution is -2.35. The first-order chi connectivity index (χ1) is 15.2. The molecule has 0 saturated carbocycles. The quantitative estimate of drug-likeness (QED) is 0.363. The summed E-state index contributed by atoms with van der Waals surface area (Å²) in [4.78, 5) is 29.3. The summed E-state index contributed by atoms with van der Waals surface area (Å²) >= 11 is 6.04. The van der Waals surface area contributed by atoms with Crippen molar-refractivity contribution in [1.29, 1.82) is 0 Å². The highest BCUT2D eigenvalue weighted by Crippen LogP contribution is 2.39. The number of ketones is 1. The Labute approximate surface area is 194 Å². The molecule has 1 amide bonds. The predicted molar refractivity (Wildman–Crippen MR) is 126 cm³/mol. The van der Waals surface area contributed by atoms with Gasteiger partial charge in [0.15, 0.2) is 0 Å². The van der Waals surface area contributed by atoms with E-state index in [1.165, 1.54) is 4.90 Å². The highest BCUT2D eigenvalue weighted by Gasteiger charge is 2.45. The van der Waals surface area contributed by atoms with Crippen LogP contribution in [0.1, 0.15) is 31.0 Å². The number of carbonyl (C=O) groups is 2. The minimum Gasteiger partial charge on any atom is -0.507 e. The molecule has 3 rings (SSSR count). The van der Waals surface area contributed by atoms with Gasteiger partial charge in [-0.05, 0) is 62.0 Å². The molecule has 32 heavy (non-hydrogen) atoms. The third-order valence-corrected chi connectivity index (χ3v) is 5.48. The third-order valence-electron chi connectivity index (χ3n) is 5.22. The molecule has 170 valence electrons. The molecule has 1 N–H and O–H groups in total. The van der Waals surface area contributed by atoms with Crippen molar-refractivity contribution in [3.63, 3.8) is 0 Å². The van der Waals surface area contributed by atoms with Gasteiger partial charge in [-0.25, -0.2) is 0 Å². The Hall–Kier alpha value is -2.83. The van der Waals surface area contributed by atoms with Crippen molar-refractivity contribution in [1.82, 2.24) is 9.80 Å². The van der Waals surface area contributed by atoms with Crippen LogP contribution in [0.5, 0.6) is 5.75 Å². The standard InChI is InChI=1S/C25H29ClN2O4/c1-16(2)15-32-20-11-7-18(8-12-20)23(29)21-22(17-5-9-19(26)10-6-17)28(14-13-27(3)4)25(31)24(21)30/h5-12,16,22,29H,13-15H2,1-4H3/t22-/m0/s1. The number of carbonyl (C=O) groups excluding carboxylic acids is 2. The van der Waals surface area contributed by atoms with Crippen LogP contribution >= 0.6 is 11.6 Å². The number of nitrogens with zero attached hydrogens (tertiary/aromatic N) is 2. The summed E-state index contributed by atoms with van der Waals surface area (Å²) in [5, 5.41) is 11.7. The molecule has 2 aromatic carbocycles. The molecule has 1 saturated heterocycles. The Morgan fingerprint density at radius 2 is 1.72 bits per heavy atom. The first kappa shape index (κ1) is 23.8. The largest absolute Gasteiger partial charge is 0.507 e. The van der Waals surface area contributed by atoms with Crippen molar-refractivity contribution < 1.29 is 19.4 Å². The summed E-state index contributed by atoms with van der Waals surface area (Å²) in [6.07, 6.45) is 0. The van der Waals surface area contributed by atoms with E-state index in [1.54, 1.807) is 48.5 Å². The lowest BCUT2D eigenvalue weighted by Gasteiger charge is -2.26. The van der Waals surface area contributed by atoms with Crippen LogP contribution in [0.25, 0.3) is 5.76 Å². The predicted octanol–water partition coefficient (Wildman–Crippen LogP) is 4.36. The molecule has 6 nitrogen and oxygen atoms in total. The fourth-order valence-electron chi connectivity index (χ4n) is 3.54. The fraction of sp³-hybridized carbons (Fsp3) is 0.360. The molecule has 1 aliphatic rings. The van der Waals surface area contributed by atoms with E-state index in [0.717, 1.165) is 0 Å². The molecule has 1 fully saturated rings. The summed E-state index contributed by atoms with van der Waals surface area (Å²) in [7, 11) is 3.80. The second-order valence-electron chi connectivity index (χ2n) is 8.58. The summed E-state index contributed by atoms with van der Waals surface area (Å²) < 4.78 is 5.69. The van der Waals surface area contributed by atoms with Gasteiger partial charge < -0.3 is 19.6 Å². The minimum atomic E-state index is -0.693. The lowest BCUT2D eigenvalue weighted by molar-refractivity contribution is -0.140. The monoisotopic (exact) mass is 456 g/mol. The van der Waals surface area contributed by atoms with E-state index in [1.807, 2.05) is 19.0 Å². The van der Waals surface area contributed by atoms with E-state index in [4.69, 9.17) is 16.3 Å². The number of halogens is 1. The van der Waals surface area contributed by atoms with Crippen LogP contribution in [0.3, 0.4) is 0 Å². The van der Waals surface area contributed by atoms with Gasteiger partial charge in [-0.1, -0.05) is 37.6 Å². The maximum Gasteiger partial charge on any atom is 0.295 e. The second-order valence-corrected chi connectivity index (χ2v) is 9.01. The van der Waals surface area contributed by atoms with Crippen molar-refractivity contribution in [3.05, 3.63) is 70.3 Å². The summed E-state index contributed by atoms with van der Waals surface area (Å²) in [5.41, 5.74) is 1.24. The van der Waals surface area contributed by atoms with Gasteiger partial charge in [0.05, 0.1) is 18.2 Å². The van der Waals surface area contributed by atoms with Crippen LogP contribution in [0.15, 0.2) is 54.1 Å². The van der Waals surface area contributed by atoms with Crippen LogP contribution in [-0.4, -0.2) is 60.4 Å². The van der Waals surface area contributed by atoms with Gasteiger partial charge in [-0.15, -0.1) is 0 Å². The van der Waals surface area contributed by atoms with Gasteiger partial charge in [-0.3, -0.25) is 9.59 Å². The maximum atomic E-state index is 13.0. The van der Waals surface area contributed by atoms with Crippen molar-refractivity contribution >= 4 is 29.1 Å². The normalized spacial score (nSPS) is 18.1. The third kappa shape index (κ3) is 5.31. The Morgan fingerprint density at radius 1 is 1.09 bits per heavy atom. The van der Waals surface area contributed by atoms with Crippen LogP contribution in [0.4, 0.5) is 0 Å². The van der Waals surface area contributed by atoms with Gasteiger partial charge in [0.1, 0.15) is 11.5 Å². The number of Topliss-reactive ketones (excluding diaryl/α,β-unsaturated/α-hetero) is 1. The highest BCUT2D eigenvalue weighted by atomic mass is 35.5. The Morgan fingerprint density at radius 3 is 2.28 bits per heavy atom. The number of aliphatic hydroxyl groups excluding tert-OH is 1. The Balaban J connectivity index is 2.02. The number of likely N-dealkylation sites (tertiary alicyclic amines) is 1. The number of hydrogen-bond donors (Lipinski definition) is 1. The number of rotatable bonds is 8. The SMILES string of the molecule is CC(C)COc1ccc(C(O)=C2C(=O)C(=O)N(CCN(C)C)[C@H]2c2ccc(Cl)cc2)cc1. The first-order valence-electron chi connectivity index (χ1n) is 10.6. The Kier molecular flexibility index (Phi) is 7.59. The van der Waals surface area contributed by atoms with E-state index in [0.29, 0.717) is 47.5 Å². The first-order valence-corrected chi connectivity index (χ1v) is 11.0. The fourth-order valence-corrected chi connectivity index (χ4v) is 3.66. The maximum absolute atomic E-state index is 13.0.